The molecule has 0 aliphatic rings. The van der Waals surface area contributed by atoms with E-state index in [1.54, 1.807) is 20.1 Å². The summed E-state index contributed by atoms with van der Waals surface area (Å²) in [7, 11) is 0. The van der Waals surface area contributed by atoms with Crippen molar-refractivity contribution in [2.45, 2.75) is 33.7 Å². The van der Waals surface area contributed by atoms with Crippen molar-refractivity contribution < 1.29 is 9.59 Å². The SMILES string of the molecule is Cc1cc(/C=N\NC(=O)C(=O)NC(C)C)c(C)n1-c1ccccc1. The van der Waals surface area contributed by atoms with Crippen LogP contribution in [0.5, 0.6) is 0 Å². The van der Waals surface area contributed by atoms with Crippen molar-refractivity contribution in [1.29, 1.82) is 0 Å². The first-order chi connectivity index (χ1) is 11.4. The van der Waals surface area contributed by atoms with Gasteiger partial charge in [-0.3, -0.25) is 9.59 Å². The highest BCUT2D eigenvalue weighted by Crippen LogP contribution is 2.19. The topological polar surface area (TPSA) is 75.5 Å². The molecule has 2 amide bonds. The Morgan fingerprint density at radius 3 is 2.42 bits per heavy atom. The number of rotatable bonds is 4. The molecule has 6 heteroatoms. The van der Waals surface area contributed by atoms with Crippen LogP contribution in [0.1, 0.15) is 30.8 Å². The Morgan fingerprint density at radius 1 is 1.12 bits per heavy atom. The molecule has 1 heterocycles. The van der Waals surface area contributed by atoms with Gasteiger partial charge in [0, 0.05) is 28.7 Å². The second kappa shape index (κ2) is 7.59. The zero-order valence-corrected chi connectivity index (χ0v) is 14.3. The molecule has 0 saturated carbocycles. The van der Waals surface area contributed by atoms with Gasteiger partial charge in [0.25, 0.3) is 0 Å². The standard InChI is InChI=1S/C18H22N4O2/c1-12(2)20-17(23)18(24)21-19-11-15-10-13(3)22(14(15)4)16-8-6-5-7-9-16/h5-12H,1-4H3,(H,20,23)(H,21,24)/b19-11-. The van der Waals surface area contributed by atoms with Gasteiger partial charge in [-0.1, -0.05) is 18.2 Å². The molecule has 0 unspecified atom stereocenters. The number of nitrogens with one attached hydrogen (secondary N) is 2. The van der Waals surface area contributed by atoms with Gasteiger partial charge in [-0.2, -0.15) is 5.10 Å². The van der Waals surface area contributed by atoms with E-state index in [2.05, 4.69) is 20.4 Å². The quantitative estimate of drug-likeness (QED) is 0.513. The summed E-state index contributed by atoms with van der Waals surface area (Å²) in [6.45, 7) is 7.56. The van der Waals surface area contributed by atoms with Crippen molar-refractivity contribution in [1.82, 2.24) is 15.3 Å². The molecular formula is C18H22N4O2. The smallest absolute Gasteiger partial charge is 0.329 e. The maximum atomic E-state index is 11.6. The Morgan fingerprint density at radius 2 is 1.79 bits per heavy atom. The Balaban J connectivity index is 2.11. The van der Waals surface area contributed by atoms with Gasteiger partial charge < -0.3 is 9.88 Å². The molecule has 0 bridgehead atoms. The monoisotopic (exact) mass is 326 g/mol. The predicted molar refractivity (Wildman–Crippen MR) is 94.3 cm³/mol. The number of carbonyl (C=O) groups excluding carboxylic acids is 2. The number of aromatic nitrogens is 1. The van der Waals surface area contributed by atoms with Crippen LogP contribution in [0.15, 0.2) is 41.5 Å². The highest BCUT2D eigenvalue weighted by molar-refractivity contribution is 6.35. The molecule has 126 valence electrons. The third kappa shape index (κ3) is 4.10. The molecule has 1 aromatic heterocycles. The summed E-state index contributed by atoms with van der Waals surface area (Å²) in [5.74, 6) is -1.48. The summed E-state index contributed by atoms with van der Waals surface area (Å²) in [5.41, 5.74) is 6.24. The fourth-order valence-corrected chi connectivity index (χ4v) is 2.43. The first kappa shape index (κ1) is 17.5. The first-order valence-corrected chi connectivity index (χ1v) is 7.78. The van der Waals surface area contributed by atoms with Crippen molar-refractivity contribution in [2.24, 2.45) is 5.10 Å². The second-order valence-corrected chi connectivity index (χ2v) is 5.82. The molecular weight excluding hydrogens is 304 g/mol. The normalized spacial score (nSPS) is 11.0. The predicted octanol–water partition coefficient (Wildman–Crippen LogP) is 2.07. The van der Waals surface area contributed by atoms with Gasteiger partial charge >= 0.3 is 11.8 Å². The molecule has 0 fully saturated rings. The van der Waals surface area contributed by atoms with Gasteiger partial charge in [0.15, 0.2) is 0 Å². The molecule has 6 nitrogen and oxygen atoms in total. The number of hydrazone groups is 1. The van der Waals surface area contributed by atoms with Gasteiger partial charge in [-0.15, -0.1) is 0 Å². The zero-order valence-electron chi connectivity index (χ0n) is 14.3. The maximum absolute atomic E-state index is 11.6. The van der Waals surface area contributed by atoms with Gasteiger partial charge in [-0.05, 0) is 45.9 Å². The van der Waals surface area contributed by atoms with E-state index >= 15 is 0 Å². The highest BCUT2D eigenvalue weighted by atomic mass is 16.2. The van der Waals surface area contributed by atoms with Gasteiger partial charge in [0.05, 0.1) is 6.21 Å². The van der Waals surface area contributed by atoms with E-state index in [9.17, 15) is 9.59 Å². The first-order valence-electron chi connectivity index (χ1n) is 7.78. The molecule has 0 aliphatic carbocycles. The van der Waals surface area contributed by atoms with E-state index in [0.29, 0.717) is 0 Å². The number of amides is 2. The number of para-hydroxylation sites is 1. The fraction of sp³-hybridized carbons (Fsp3) is 0.278. The largest absolute Gasteiger partial charge is 0.346 e. The van der Waals surface area contributed by atoms with Crippen molar-refractivity contribution >= 4 is 18.0 Å². The third-order valence-corrected chi connectivity index (χ3v) is 3.48. The van der Waals surface area contributed by atoms with Crippen LogP contribution >= 0.6 is 0 Å². The van der Waals surface area contributed by atoms with Crippen molar-refractivity contribution in [3.05, 3.63) is 53.3 Å². The average Bonchev–Trinajstić information content (AvgIpc) is 2.81. The number of hydrogen-bond acceptors (Lipinski definition) is 3. The number of aryl methyl sites for hydroxylation is 1. The summed E-state index contributed by atoms with van der Waals surface area (Å²) in [6, 6.07) is 11.9. The lowest BCUT2D eigenvalue weighted by Gasteiger charge is -2.09. The zero-order chi connectivity index (χ0) is 17.7. The molecule has 0 aliphatic heterocycles. The van der Waals surface area contributed by atoms with Crippen molar-refractivity contribution in [2.75, 3.05) is 0 Å². The number of nitrogens with zero attached hydrogens (tertiary/aromatic N) is 2. The van der Waals surface area contributed by atoms with Crippen LogP contribution in [0.3, 0.4) is 0 Å². The highest BCUT2D eigenvalue weighted by Gasteiger charge is 2.13. The number of benzene rings is 1. The Kier molecular flexibility index (Phi) is 5.52. The second-order valence-electron chi connectivity index (χ2n) is 5.82. The van der Waals surface area contributed by atoms with Gasteiger partial charge in [-0.25, -0.2) is 5.43 Å². The molecule has 1 aromatic carbocycles. The Hall–Kier alpha value is -2.89. The molecule has 0 radical (unpaired) electrons. The molecule has 2 N–H and O–H groups in total. The maximum Gasteiger partial charge on any atom is 0.329 e. The molecule has 24 heavy (non-hydrogen) atoms. The molecule has 0 spiro atoms. The lowest BCUT2D eigenvalue weighted by atomic mass is 10.2. The molecule has 2 aromatic rings. The van der Waals surface area contributed by atoms with E-state index < -0.39 is 11.8 Å². The number of hydrogen-bond donors (Lipinski definition) is 2. The lowest BCUT2D eigenvalue weighted by molar-refractivity contribution is -0.139. The van der Waals surface area contributed by atoms with Crippen molar-refractivity contribution in [3.8, 4) is 5.69 Å². The Bertz CT molecular complexity index is 761. The van der Waals surface area contributed by atoms with Crippen molar-refractivity contribution in [3.63, 3.8) is 0 Å². The van der Waals surface area contributed by atoms with Crippen LogP contribution in [-0.4, -0.2) is 28.6 Å². The molecule has 2 rings (SSSR count). The van der Waals surface area contributed by atoms with Crippen LogP contribution in [-0.2, 0) is 9.59 Å². The minimum Gasteiger partial charge on any atom is -0.346 e. The minimum atomic E-state index is -0.781. The molecule has 0 atom stereocenters. The average molecular weight is 326 g/mol. The minimum absolute atomic E-state index is 0.1000. The van der Waals surface area contributed by atoms with E-state index in [1.165, 1.54) is 0 Å². The molecule has 0 saturated heterocycles. The Labute approximate surface area is 141 Å². The van der Waals surface area contributed by atoms with Crippen LogP contribution in [0.4, 0.5) is 0 Å². The summed E-state index contributed by atoms with van der Waals surface area (Å²) in [6.07, 6.45) is 1.54. The van der Waals surface area contributed by atoms with Crippen LogP contribution < -0.4 is 10.7 Å². The van der Waals surface area contributed by atoms with Gasteiger partial charge in [0.2, 0.25) is 0 Å². The summed E-state index contributed by atoms with van der Waals surface area (Å²) in [4.78, 5) is 23.1. The van der Waals surface area contributed by atoms with E-state index in [-0.39, 0.29) is 6.04 Å². The van der Waals surface area contributed by atoms with Crippen LogP contribution in [0.2, 0.25) is 0 Å². The van der Waals surface area contributed by atoms with E-state index in [0.717, 1.165) is 22.6 Å². The third-order valence-electron chi connectivity index (χ3n) is 3.48. The summed E-state index contributed by atoms with van der Waals surface area (Å²) < 4.78 is 2.11. The van der Waals surface area contributed by atoms with Crippen LogP contribution in [0, 0.1) is 13.8 Å². The van der Waals surface area contributed by atoms with Crippen LogP contribution in [0.25, 0.3) is 5.69 Å². The number of carbonyl (C=O) groups is 2. The lowest BCUT2D eigenvalue weighted by Crippen LogP contribution is -2.41. The summed E-state index contributed by atoms with van der Waals surface area (Å²) in [5, 5.41) is 6.39. The van der Waals surface area contributed by atoms with E-state index in [1.807, 2.05) is 50.2 Å². The summed E-state index contributed by atoms with van der Waals surface area (Å²) >= 11 is 0. The van der Waals surface area contributed by atoms with E-state index in [4.69, 9.17) is 0 Å². The fourth-order valence-electron chi connectivity index (χ4n) is 2.43. The van der Waals surface area contributed by atoms with Gasteiger partial charge in [0.1, 0.15) is 0 Å².